The lowest BCUT2D eigenvalue weighted by atomic mass is 10.0. The van der Waals surface area contributed by atoms with Crippen molar-refractivity contribution in [1.82, 2.24) is 20.3 Å². The maximum absolute atomic E-state index is 13.0. The van der Waals surface area contributed by atoms with Crippen molar-refractivity contribution in [3.8, 4) is 17.0 Å². The predicted molar refractivity (Wildman–Crippen MR) is 129 cm³/mol. The number of ether oxygens (including phenoxy) is 1. The first-order valence-electron chi connectivity index (χ1n) is 10.8. The molecule has 1 N–H and O–H groups in total. The van der Waals surface area contributed by atoms with Gasteiger partial charge in [-0.3, -0.25) is 14.8 Å². The first-order valence-corrected chi connectivity index (χ1v) is 10.8. The molecule has 0 spiro atoms. The number of hydrogen-bond donors (Lipinski definition) is 1. The molecule has 1 amide bonds. The molecule has 3 heterocycles. The standard InChI is InChI=1S/C27H22N4O2/c32-27(30-15-6-16-33-25-12-3-7-19-8-5-14-29-26(19)25)22-17-24(20-9-4-13-28-18-20)31-23-11-2-1-10-21(22)23/h1-5,7-14,17-18H,6,15-16H2,(H,30,32). The zero-order valence-electron chi connectivity index (χ0n) is 17.9. The molecule has 6 heteroatoms. The van der Waals surface area contributed by atoms with Crippen molar-refractivity contribution >= 4 is 27.7 Å². The van der Waals surface area contributed by atoms with Crippen LogP contribution in [0.15, 0.2) is 91.4 Å². The Morgan fingerprint density at radius 1 is 0.939 bits per heavy atom. The molecule has 3 aromatic heterocycles. The minimum atomic E-state index is -0.134. The summed E-state index contributed by atoms with van der Waals surface area (Å²) in [6, 6.07) is 23.1. The Balaban J connectivity index is 1.26. The van der Waals surface area contributed by atoms with Crippen molar-refractivity contribution in [3.05, 3.63) is 97.0 Å². The fourth-order valence-electron chi connectivity index (χ4n) is 3.77. The van der Waals surface area contributed by atoms with Gasteiger partial charge in [0.25, 0.3) is 5.91 Å². The third kappa shape index (κ3) is 4.50. The van der Waals surface area contributed by atoms with Gasteiger partial charge < -0.3 is 10.1 Å². The number of carbonyl (C=O) groups excluding carboxylic acids is 1. The van der Waals surface area contributed by atoms with E-state index in [-0.39, 0.29) is 5.91 Å². The Bertz CT molecular complexity index is 1410. The van der Waals surface area contributed by atoms with Crippen LogP contribution in [0.3, 0.4) is 0 Å². The van der Waals surface area contributed by atoms with Gasteiger partial charge in [0.1, 0.15) is 11.3 Å². The molecule has 0 aliphatic carbocycles. The molecule has 5 aromatic rings. The smallest absolute Gasteiger partial charge is 0.252 e. The van der Waals surface area contributed by atoms with E-state index in [1.54, 1.807) is 18.6 Å². The van der Waals surface area contributed by atoms with Gasteiger partial charge in [0, 0.05) is 41.5 Å². The van der Waals surface area contributed by atoms with Crippen molar-refractivity contribution < 1.29 is 9.53 Å². The van der Waals surface area contributed by atoms with Crippen LogP contribution in [-0.2, 0) is 0 Å². The van der Waals surface area contributed by atoms with Crippen LogP contribution in [0.2, 0.25) is 0 Å². The second-order valence-electron chi connectivity index (χ2n) is 7.60. The van der Waals surface area contributed by atoms with Gasteiger partial charge in [-0.25, -0.2) is 4.98 Å². The van der Waals surface area contributed by atoms with Crippen LogP contribution < -0.4 is 10.1 Å². The Morgan fingerprint density at radius 2 is 1.82 bits per heavy atom. The van der Waals surface area contributed by atoms with Gasteiger partial charge in [-0.05, 0) is 42.8 Å². The van der Waals surface area contributed by atoms with E-state index in [0.29, 0.717) is 25.1 Å². The molecule has 2 aromatic carbocycles. The van der Waals surface area contributed by atoms with Crippen LogP contribution in [0.5, 0.6) is 5.75 Å². The number of para-hydroxylation sites is 2. The first kappa shape index (κ1) is 20.6. The largest absolute Gasteiger partial charge is 0.491 e. The number of benzene rings is 2. The Hall–Kier alpha value is -4.32. The lowest BCUT2D eigenvalue weighted by Crippen LogP contribution is -2.26. The van der Waals surface area contributed by atoms with Crippen molar-refractivity contribution in [1.29, 1.82) is 0 Å². The van der Waals surface area contributed by atoms with Gasteiger partial charge in [0.05, 0.1) is 23.4 Å². The lowest BCUT2D eigenvalue weighted by molar-refractivity contribution is 0.0953. The van der Waals surface area contributed by atoms with E-state index in [2.05, 4.69) is 15.3 Å². The number of nitrogens with zero attached hydrogens (tertiary/aromatic N) is 3. The minimum absolute atomic E-state index is 0.134. The van der Waals surface area contributed by atoms with Crippen LogP contribution in [0, 0.1) is 0 Å². The fourth-order valence-corrected chi connectivity index (χ4v) is 3.77. The van der Waals surface area contributed by atoms with Crippen LogP contribution in [0.25, 0.3) is 33.1 Å². The monoisotopic (exact) mass is 434 g/mol. The van der Waals surface area contributed by atoms with Gasteiger partial charge >= 0.3 is 0 Å². The summed E-state index contributed by atoms with van der Waals surface area (Å²) >= 11 is 0. The summed E-state index contributed by atoms with van der Waals surface area (Å²) in [7, 11) is 0. The number of amides is 1. The van der Waals surface area contributed by atoms with E-state index < -0.39 is 0 Å². The van der Waals surface area contributed by atoms with E-state index >= 15 is 0 Å². The topological polar surface area (TPSA) is 77.0 Å². The summed E-state index contributed by atoms with van der Waals surface area (Å²) in [5.74, 6) is 0.617. The third-order valence-corrected chi connectivity index (χ3v) is 5.38. The van der Waals surface area contributed by atoms with Crippen LogP contribution >= 0.6 is 0 Å². The van der Waals surface area contributed by atoms with Crippen LogP contribution in [0.1, 0.15) is 16.8 Å². The van der Waals surface area contributed by atoms with Gasteiger partial charge in [-0.15, -0.1) is 0 Å². The minimum Gasteiger partial charge on any atom is -0.491 e. The number of carbonyl (C=O) groups is 1. The Morgan fingerprint density at radius 3 is 2.73 bits per heavy atom. The number of rotatable bonds is 7. The number of nitrogens with one attached hydrogen (secondary N) is 1. The van der Waals surface area contributed by atoms with E-state index in [9.17, 15) is 4.79 Å². The maximum atomic E-state index is 13.0. The summed E-state index contributed by atoms with van der Waals surface area (Å²) in [6.07, 6.45) is 5.90. The highest BCUT2D eigenvalue weighted by atomic mass is 16.5. The number of pyridine rings is 3. The summed E-state index contributed by atoms with van der Waals surface area (Å²) in [5, 5.41) is 4.87. The van der Waals surface area contributed by atoms with Gasteiger partial charge in [0.15, 0.2) is 0 Å². The van der Waals surface area contributed by atoms with E-state index in [1.807, 2.05) is 72.8 Å². The van der Waals surface area contributed by atoms with Crippen molar-refractivity contribution in [2.75, 3.05) is 13.2 Å². The second kappa shape index (κ2) is 9.44. The number of fused-ring (bicyclic) bond motifs is 2. The summed E-state index contributed by atoms with van der Waals surface area (Å²) in [4.78, 5) is 26.3. The molecule has 33 heavy (non-hydrogen) atoms. The molecule has 0 atom stereocenters. The summed E-state index contributed by atoms with van der Waals surface area (Å²) < 4.78 is 5.92. The summed E-state index contributed by atoms with van der Waals surface area (Å²) in [5.41, 5.74) is 3.80. The van der Waals surface area contributed by atoms with Crippen LogP contribution in [-0.4, -0.2) is 34.0 Å². The molecule has 0 radical (unpaired) electrons. The Kier molecular flexibility index (Phi) is 5.89. The fraction of sp³-hybridized carbons (Fsp3) is 0.111. The zero-order valence-corrected chi connectivity index (χ0v) is 17.9. The van der Waals surface area contributed by atoms with E-state index in [1.165, 1.54) is 0 Å². The molecular formula is C27H22N4O2. The van der Waals surface area contributed by atoms with Gasteiger partial charge in [0.2, 0.25) is 0 Å². The maximum Gasteiger partial charge on any atom is 0.252 e. The van der Waals surface area contributed by atoms with Gasteiger partial charge in [-0.2, -0.15) is 0 Å². The van der Waals surface area contributed by atoms with Crippen LogP contribution in [0.4, 0.5) is 0 Å². The van der Waals surface area contributed by atoms with Gasteiger partial charge in [-0.1, -0.05) is 36.4 Å². The first-order chi connectivity index (χ1) is 16.3. The average molecular weight is 434 g/mol. The highest BCUT2D eigenvalue weighted by molar-refractivity contribution is 6.07. The molecule has 5 rings (SSSR count). The van der Waals surface area contributed by atoms with E-state index in [4.69, 9.17) is 9.72 Å². The predicted octanol–water partition coefficient (Wildman–Crippen LogP) is 5.04. The molecule has 6 nitrogen and oxygen atoms in total. The second-order valence-corrected chi connectivity index (χ2v) is 7.60. The molecule has 0 aliphatic rings. The number of aromatic nitrogens is 3. The third-order valence-electron chi connectivity index (χ3n) is 5.38. The molecule has 0 fully saturated rings. The zero-order chi connectivity index (χ0) is 22.5. The Labute approximate surface area is 191 Å². The van der Waals surface area contributed by atoms with Crippen molar-refractivity contribution in [3.63, 3.8) is 0 Å². The molecule has 0 unspecified atom stereocenters. The van der Waals surface area contributed by atoms with E-state index in [0.717, 1.165) is 38.8 Å². The molecule has 0 bridgehead atoms. The highest BCUT2D eigenvalue weighted by Crippen LogP contribution is 2.25. The molecule has 0 saturated carbocycles. The molecule has 162 valence electrons. The molecular weight excluding hydrogens is 412 g/mol. The SMILES string of the molecule is O=C(NCCCOc1cccc2cccnc12)c1cc(-c2cccnc2)nc2ccccc12. The molecule has 0 aliphatic heterocycles. The van der Waals surface area contributed by atoms with Crippen molar-refractivity contribution in [2.45, 2.75) is 6.42 Å². The average Bonchev–Trinajstić information content (AvgIpc) is 2.88. The lowest BCUT2D eigenvalue weighted by Gasteiger charge is -2.11. The summed E-state index contributed by atoms with van der Waals surface area (Å²) in [6.45, 7) is 0.976. The quantitative estimate of drug-likeness (QED) is 0.363. The molecule has 0 saturated heterocycles. The highest BCUT2D eigenvalue weighted by Gasteiger charge is 2.14. The normalized spacial score (nSPS) is 10.9. The number of hydrogen-bond acceptors (Lipinski definition) is 5. The van der Waals surface area contributed by atoms with Crippen molar-refractivity contribution in [2.24, 2.45) is 0 Å².